The number of anilines is 4. The van der Waals surface area contributed by atoms with E-state index in [1.807, 2.05) is 30.7 Å². The van der Waals surface area contributed by atoms with Gasteiger partial charge in [-0.05, 0) is 76.2 Å². The first-order chi connectivity index (χ1) is 31.9. The van der Waals surface area contributed by atoms with Crippen LogP contribution in [-0.4, -0.2) is 131 Å². The lowest BCUT2D eigenvalue weighted by atomic mass is 10.0. The van der Waals surface area contributed by atoms with Gasteiger partial charge in [0.1, 0.15) is 17.7 Å². The molecule has 0 radical (unpaired) electrons. The highest BCUT2D eigenvalue weighted by molar-refractivity contribution is 6.25. The first-order valence-corrected chi connectivity index (χ1v) is 21.8. The molecule has 6 amide bonds. The summed E-state index contributed by atoms with van der Waals surface area (Å²) in [6.45, 7) is 6.64. The number of halogens is 5. The maximum Gasteiger partial charge on any atom is 0.417 e. The zero-order chi connectivity index (χ0) is 47.9. The van der Waals surface area contributed by atoms with Gasteiger partial charge in [0, 0.05) is 99.9 Å². The van der Waals surface area contributed by atoms with Gasteiger partial charge in [-0.15, -0.1) is 0 Å². The Morgan fingerprint density at radius 2 is 1.55 bits per heavy atom. The summed E-state index contributed by atoms with van der Waals surface area (Å²) in [7, 11) is 1.95. The Morgan fingerprint density at radius 3 is 2.22 bits per heavy atom. The summed E-state index contributed by atoms with van der Waals surface area (Å²) >= 11 is 0. The third-order valence-electron chi connectivity index (χ3n) is 12.8. The zero-order valence-corrected chi connectivity index (χ0v) is 36.8. The summed E-state index contributed by atoms with van der Waals surface area (Å²) in [6.07, 6.45) is -1.59. The highest BCUT2D eigenvalue weighted by atomic mass is 19.4. The molecule has 16 nitrogen and oxygen atoms in total. The fraction of sp³-hybridized carbons (Fsp3) is 0.391. The molecule has 21 heteroatoms. The lowest BCUT2D eigenvalue weighted by Gasteiger charge is -2.44. The monoisotopic (exact) mass is 930 g/mol. The number of aromatic nitrogens is 2. The number of hydrogen-bond donors (Lipinski definition) is 3. The summed E-state index contributed by atoms with van der Waals surface area (Å²) in [4.78, 5) is 94.8. The molecule has 0 bridgehead atoms. The minimum atomic E-state index is -5.03. The highest BCUT2D eigenvalue weighted by Gasteiger charge is 2.46. The number of nitrogens with one attached hydrogen (secondary N) is 3. The van der Waals surface area contributed by atoms with E-state index in [2.05, 4.69) is 30.8 Å². The molecule has 1 aromatic heterocycles. The van der Waals surface area contributed by atoms with E-state index in [0.29, 0.717) is 63.9 Å². The molecule has 1 unspecified atom stereocenters. The van der Waals surface area contributed by atoms with Gasteiger partial charge < -0.3 is 25.3 Å². The van der Waals surface area contributed by atoms with Gasteiger partial charge in [0.2, 0.25) is 23.7 Å². The molecule has 5 heterocycles. The smallest absolute Gasteiger partial charge is 0.384 e. The number of likely N-dealkylation sites (N-methyl/N-ethyl adjacent to an activating group) is 1. The molecule has 8 rings (SSSR count). The predicted molar refractivity (Wildman–Crippen MR) is 235 cm³/mol. The van der Waals surface area contributed by atoms with E-state index in [9.17, 15) is 46.3 Å². The third-order valence-corrected chi connectivity index (χ3v) is 12.8. The quantitative estimate of drug-likeness (QED) is 0.102. The third kappa shape index (κ3) is 9.50. The van der Waals surface area contributed by atoms with Crippen LogP contribution in [0.1, 0.15) is 76.2 Å². The van der Waals surface area contributed by atoms with Gasteiger partial charge in [0.15, 0.2) is 0 Å². The Hall–Kier alpha value is -7.03. The number of carbonyl (C=O) groups excluding carboxylic acids is 6. The highest BCUT2D eigenvalue weighted by Crippen LogP contribution is 2.38. The van der Waals surface area contributed by atoms with Gasteiger partial charge in [-0.3, -0.25) is 43.9 Å². The minimum absolute atomic E-state index is 0.00702. The summed E-state index contributed by atoms with van der Waals surface area (Å²) in [5.74, 6) is -5.19. The van der Waals surface area contributed by atoms with Crippen molar-refractivity contribution in [3.8, 4) is 11.1 Å². The summed E-state index contributed by atoms with van der Waals surface area (Å²) in [6, 6.07) is 8.03. The number of imide groups is 2. The second kappa shape index (κ2) is 18.7. The molecule has 0 saturated carbocycles. The van der Waals surface area contributed by atoms with E-state index in [-0.39, 0.29) is 76.9 Å². The number of carbonyl (C=O) groups is 6. The molecular weight excluding hydrogens is 884 g/mol. The molecule has 3 atom stereocenters. The second-order valence-electron chi connectivity index (χ2n) is 17.1. The van der Waals surface area contributed by atoms with Crippen LogP contribution in [0.5, 0.6) is 0 Å². The minimum Gasteiger partial charge on any atom is -0.384 e. The SMILES string of the molecule is C[C@@H]1CN(c2cc(F)c(-c3cnc(N4CCN(C(=O)CCCNc5cccc6c5C(=O)N(C5CCC(=O)NC5=O)C6=O)CC4)nc3)cc2NC(=O)c2ccc(F)cc2C(F)(F)F)C[C@H](C)N1C. The number of nitrogens with zero attached hydrogens (tertiary/aromatic N) is 7. The number of hydrogen-bond acceptors (Lipinski definition) is 12. The molecular formula is C46H47F5N10O6. The van der Waals surface area contributed by atoms with Crippen LogP contribution in [0.25, 0.3) is 11.1 Å². The summed E-state index contributed by atoms with van der Waals surface area (Å²) in [5.41, 5.74) is -1.08. The van der Waals surface area contributed by atoms with Crippen molar-refractivity contribution < 1.29 is 50.7 Å². The van der Waals surface area contributed by atoms with E-state index in [4.69, 9.17) is 0 Å². The van der Waals surface area contributed by atoms with Crippen molar-refractivity contribution in [1.82, 2.24) is 30.0 Å². The molecule has 3 saturated heterocycles. The number of rotatable bonds is 11. The molecule has 4 aliphatic heterocycles. The van der Waals surface area contributed by atoms with Gasteiger partial charge in [-0.25, -0.2) is 18.7 Å². The fourth-order valence-electron chi connectivity index (χ4n) is 8.95. The van der Waals surface area contributed by atoms with Gasteiger partial charge in [0.25, 0.3) is 17.7 Å². The fourth-order valence-corrected chi connectivity index (χ4v) is 8.95. The van der Waals surface area contributed by atoms with Crippen molar-refractivity contribution in [1.29, 1.82) is 0 Å². The van der Waals surface area contributed by atoms with Crippen molar-refractivity contribution >= 4 is 58.5 Å². The standard InChI is InChI=1S/C46H47F5N10O6/c1-25-23-60(24-26(2)57(25)3)37-20-33(48)31(19-35(37)55-41(64)29-10-9-28(47)18-32(29)46(49,50)51)27-21-53-45(54-22-27)59-16-14-58(15-17-59)39(63)8-5-13-52-34-7-4-6-30-40(34)44(67)61(43(30)66)36-11-12-38(62)56-42(36)65/h4,6-7,9-10,18-22,25-26,36,52H,5,8,11-17,23-24H2,1-3H3,(H,55,64)(H,56,62,65)/t25-,26+,36?. The van der Waals surface area contributed by atoms with Crippen LogP contribution < -0.4 is 25.8 Å². The number of fused-ring (bicyclic) bond motifs is 1. The van der Waals surface area contributed by atoms with Crippen molar-refractivity contribution in [3.05, 3.63) is 94.8 Å². The van der Waals surface area contributed by atoms with Crippen LogP contribution >= 0.6 is 0 Å². The molecule has 3 N–H and O–H groups in total. The van der Waals surface area contributed by atoms with Crippen LogP contribution in [0, 0.1) is 11.6 Å². The maximum atomic E-state index is 16.1. The largest absolute Gasteiger partial charge is 0.417 e. The molecule has 3 aromatic carbocycles. The van der Waals surface area contributed by atoms with Crippen LogP contribution in [0.4, 0.5) is 45.0 Å². The Morgan fingerprint density at radius 1 is 0.851 bits per heavy atom. The Balaban J connectivity index is 0.893. The van der Waals surface area contributed by atoms with E-state index < -0.39 is 64.5 Å². The molecule has 4 aromatic rings. The lowest BCUT2D eigenvalue weighted by Crippen LogP contribution is -2.55. The number of piperidine rings is 1. The van der Waals surface area contributed by atoms with Crippen molar-refractivity contribution in [2.45, 2.75) is 63.8 Å². The van der Waals surface area contributed by atoms with Crippen LogP contribution in [0.15, 0.2) is 60.9 Å². The van der Waals surface area contributed by atoms with Crippen LogP contribution in [-0.2, 0) is 20.6 Å². The number of amides is 6. The van der Waals surface area contributed by atoms with Gasteiger partial charge in [0.05, 0.1) is 33.6 Å². The predicted octanol–water partition coefficient (Wildman–Crippen LogP) is 5.16. The first kappa shape index (κ1) is 46.5. The molecule has 67 heavy (non-hydrogen) atoms. The maximum absolute atomic E-state index is 16.1. The number of benzene rings is 3. The second-order valence-corrected chi connectivity index (χ2v) is 17.1. The number of piperazine rings is 2. The van der Waals surface area contributed by atoms with Gasteiger partial charge in [-0.2, -0.15) is 13.2 Å². The Kier molecular flexibility index (Phi) is 13.0. The summed E-state index contributed by atoms with van der Waals surface area (Å²) in [5, 5.41) is 7.88. The molecule has 0 aliphatic carbocycles. The van der Waals surface area contributed by atoms with Crippen molar-refractivity contribution in [3.63, 3.8) is 0 Å². The van der Waals surface area contributed by atoms with Crippen LogP contribution in [0.3, 0.4) is 0 Å². The van der Waals surface area contributed by atoms with Gasteiger partial charge in [-0.1, -0.05) is 6.07 Å². The van der Waals surface area contributed by atoms with E-state index in [1.54, 1.807) is 17.0 Å². The average Bonchev–Trinajstić information content (AvgIpc) is 3.55. The normalized spacial score (nSPS) is 20.3. The molecule has 0 spiro atoms. The van der Waals surface area contributed by atoms with Crippen molar-refractivity contribution in [2.24, 2.45) is 0 Å². The molecule has 352 valence electrons. The van der Waals surface area contributed by atoms with E-state index >= 15 is 4.39 Å². The molecule has 4 aliphatic rings. The van der Waals surface area contributed by atoms with Crippen LogP contribution in [0.2, 0.25) is 0 Å². The molecule has 3 fully saturated rings. The van der Waals surface area contributed by atoms with E-state index in [1.165, 1.54) is 30.6 Å². The van der Waals surface area contributed by atoms with Crippen molar-refractivity contribution in [2.75, 3.05) is 73.3 Å². The first-order valence-electron chi connectivity index (χ1n) is 21.8. The van der Waals surface area contributed by atoms with E-state index in [0.717, 1.165) is 17.0 Å². The Bertz CT molecular complexity index is 2630. The topological polar surface area (TPSA) is 180 Å². The summed E-state index contributed by atoms with van der Waals surface area (Å²) < 4.78 is 71.8. The Labute approximate surface area is 381 Å². The van der Waals surface area contributed by atoms with Gasteiger partial charge >= 0.3 is 6.18 Å². The average molecular weight is 931 g/mol. The number of alkyl halides is 3. The zero-order valence-electron chi connectivity index (χ0n) is 36.8. The lowest BCUT2D eigenvalue weighted by molar-refractivity contribution is -0.138.